The van der Waals surface area contributed by atoms with Crippen molar-refractivity contribution in [1.29, 1.82) is 0 Å². The molecule has 2 rings (SSSR count). The molecule has 2 N–H and O–H groups in total. The quantitative estimate of drug-likeness (QED) is 0.813. The van der Waals surface area contributed by atoms with Crippen LogP contribution in [-0.4, -0.2) is 29.4 Å². The largest absolute Gasteiger partial charge is 0.382 e. The predicted octanol–water partition coefficient (Wildman–Crippen LogP) is 1.45. The van der Waals surface area contributed by atoms with E-state index in [9.17, 15) is 0 Å². The molecule has 1 unspecified atom stereocenters. The van der Waals surface area contributed by atoms with Crippen molar-refractivity contribution in [2.24, 2.45) is 13.0 Å². The summed E-state index contributed by atoms with van der Waals surface area (Å²) in [6.45, 7) is 7.56. The van der Waals surface area contributed by atoms with Gasteiger partial charge in [0.15, 0.2) is 0 Å². The van der Waals surface area contributed by atoms with E-state index in [0.717, 1.165) is 24.7 Å². The molecule has 1 aromatic heterocycles. The van der Waals surface area contributed by atoms with Crippen LogP contribution in [0.1, 0.15) is 24.2 Å². The smallest absolute Gasteiger partial charge is 0.0827 e. The average Bonchev–Trinajstić information content (AvgIpc) is 2.53. The molecule has 90 valence electrons. The topological polar surface area (TPSA) is 41.9 Å². The Morgan fingerprint density at radius 1 is 1.50 bits per heavy atom. The zero-order chi connectivity index (χ0) is 11.5. The van der Waals surface area contributed by atoms with Gasteiger partial charge >= 0.3 is 0 Å². The van der Waals surface area contributed by atoms with Gasteiger partial charge in [0.25, 0.3) is 0 Å². The van der Waals surface area contributed by atoms with Crippen LogP contribution in [0.5, 0.6) is 0 Å². The van der Waals surface area contributed by atoms with Crippen molar-refractivity contribution in [2.45, 2.75) is 26.7 Å². The molecule has 0 amide bonds. The van der Waals surface area contributed by atoms with Crippen LogP contribution in [-0.2, 0) is 7.05 Å². The number of nitrogens with zero attached hydrogens (tertiary/aromatic N) is 2. The maximum atomic E-state index is 4.41. The van der Waals surface area contributed by atoms with E-state index in [2.05, 4.69) is 29.6 Å². The Morgan fingerprint density at radius 3 is 2.88 bits per heavy atom. The number of aromatic nitrogens is 2. The van der Waals surface area contributed by atoms with Crippen molar-refractivity contribution < 1.29 is 0 Å². The fourth-order valence-corrected chi connectivity index (χ4v) is 2.37. The summed E-state index contributed by atoms with van der Waals surface area (Å²) in [4.78, 5) is 0. The molecule has 0 radical (unpaired) electrons. The second-order valence-electron chi connectivity index (χ2n) is 4.76. The lowest BCUT2D eigenvalue weighted by atomic mass is 10.00. The van der Waals surface area contributed by atoms with Gasteiger partial charge in [-0.15, -0.1) is 0 Å². The molecule has 4 heteroatoms. The van der Waals surface area contributed by atoms with Gasteiger partial charge in [0.2, 0.25) is 0 Å². The lowest BCUT2D eigenvalue weighted by molar-refractivity contribution is 0.393. The van der Waals surface area contributed by atoms with Crippen LogP contribution in [0, 0.1) is 19.8 Å². The molecule has 1 aliphatic rings. The Kier molecular flexibility index (Phi) is 3.49. The van der Waals surface area contributed by atoms with Crippen LogP contribution in [0.15, 0.2) is 0 Å². The molecule has 1 fully saturated rings. The zero-order valence-corrected chi connectivity index (χ0v) is 10.5. The summed E-state index contributed by atoms with van der Waals surface area (Å²) in [6.07, 6.45) is 2.63. The molecule has 1 saturated heterocycles. The van der Waals surface area contributed by atoms with Crippen LogP contribution < -0.4 is 10.6 Å². The second-order valence-corrected chi connectivity index (χ2v) is 4.76. The monoisotopic (exact) mass is 222 g/mol. The Labute approximate surface area is 97.4 Å². The van der Waals surface area contributed by atoms with Gasteiger partial charge in [-0.1, -0.05) is 0 Å². The van der Waals surface area contributed by atoms with E-state index in [1.807, 2.05) is 11.7 Å². The summed E-state index contributed by atoms with van der Waals surface area (Å²) in [5.41, 5.74) is 3.54. The van der Waals surface area contributed by atoms with Gasteiger partial charge in [0.1, 0.15) is 0 Å². The van der Waals surface area contributed by atoms with Crippen LogP contribution in [0.2, 0.25) is 0 Å². The lowest BCUT2D eigenvalue weighted by Crippen LogP contribution is -2.33. The number of aryl methyl sites for hydroxylation is 2. The van der Waals surface area contributed by atoms with Crippen molar-refractivity contribution in [1.82, 2.24) is 15.1 Å². The Bertz CT molecular complexity index is 350. The van der Waals surface area contributed by atoms with E-state index in [0.29, 0.717) is 0 Å². The minimum Gasteiger partial charge on any atom is -0.382 e. The number of hydrogen-bond acceptors (Lipinski definition) is 3. The van der Waals surface area contributed by atoms with E-state index in [1.54, 1.807) is 0 Å². The minimum absolute atomic E-state index is 0.757. The molecule has 1 aliphatic heterocycles. The molecular formula is C12H22N4. The third-order valence-corrected chi connectivity index (χ3v) is 3.48. The van der Waals surface area contributed by atoms with Gasteiger partial charge in [0, 0.05) is 13.6 Å². The summed E-state index contributed by atoms with van der Waals surface area (Å²) < 4.78 is 1.94. The maximum Gasteiger partial charge on any atom is 0.0827 e. The molecule has 0 spiro atoms. The lowest BCUT2D eigenvalue weighted by Gasteiger charge is -2.23. The predicted molar refractivity (Wildman–Crippen MR) is 66.8 cm³/mol. The van der Waals surface area contributed by atoms with Crippen molar-refractivity contribution in [3.8, 4) is 0 Å². The minimum atomic E-state index is 0.757. The highest BCUT2D eigenvalue weighted by Crippen LogP contribution is 2.19. The maximum absolute atomic E-state index is 4.41. The van der Waals surface area contributed by atoms with Crippen molar-refractivity contribution >= 4 is 5.69 Å². The van der Waals surface area contributed by atoms with E-state index >= 15 is 0 Å². The molecule has 0 aliphatic carbocycles. The molecule has 1 aromatic rings. The first-order valence-corrected chi connectivity index (χ1v) is 6.13. The van der Waals surface area contributed by atoms with Crippen LogP contribution in [0.3, 0.4) is 0 Å². The van der Waals surface area contributed by atoms with Crippen LogP contribution >= 0.6 is 0 Å². The van der Waals surface area contributed by atoms with Crippen LogP contribution in [0.4, 0.5) is 5.69 Å². The fourth-order valence-electron chi connectivity index (χ4n) is 2.37. The number of hydrogen-bond donors (Lipinski definition) is 2. The number of anilines is 1. The molecule has 1 atom stereocenters. The van der Waals surface area contributed by atoms with Crippen molar-refractivity contribution in [3.05, 3.63) is 11.4 Å². The summed E-state index contributed by atoms with van der Waals surface area (Å²) in [7, 11) is 2.00. The van der Waals surface area contributed by atoms with E-state index in [1.165, 1.54) is 30.8 Å². The number of nitrogens with one attached hydrogen (secondary N) is 2. The van der Waals surface area contributed by atoms with Gasteiger partial charge in [-0.25, -0.2) is 0 Å². The summed E-state index contributed by atoms with van der Waals surface area (Å²) in [5.74, 6) is 0.757. The van der Waals surface area contributed by atoms with Gasteiger partial charge in [-0.3, -0.25) is 4.68 Å². The normalized spacial score (nSPS) is 21.1. The first-order valence-electron chi connectivity index (χ1n) is 6.13. The van der Waals surface area contributed by atoms with E-state index in [-0.39, 0.29) is 0 Å². The van der Waals surface area contributed by atoms with E-state index < -0.39 is 0 Å². The second kappa shape index (κ2) is 4.87. The highest BCUT2D eigenvalue weighted by molar-refractivity contribution is 5.51. The Morgan fingerprint density at radius 2 is 2.31 bits per heavy atom. The molecule has 0 bridgehead atoms. The van der Waals surface area contributed by atoms with Gasteiger partial charge in [0.05, 0.1) is 17.1 Å². The zero-order valence-electron chi connectivity index (χ0n) is 10.5. The molecular weight excluding hydrogens is 200 g/mol. The molecule has 0 aromatic carbocycles. The Balaban J connectivity index is 1.93. The number of rotatable bonds is 3. The summed E-state index contributed by atoms with van der Waals surface area (Å²) in [6, 6.07) is 0. The summed E-state index contributed by atoms with van der Waals surface area (Å²) >= 11 is 0. The SMILES string of the molecule is Cc1nn(C)c(C)c1NCC1CCCNC1. The third-order valence-electron chi connectivity index (χ3n) is 3.48. The van der Waals surface area contributed by atoms with Crippen molar-refractivity contribution in [2.75, 3.05) is 25.0 Å². The fraction of sp³-hybridized carbons (Fsp3) is 0.750. The van der Waals surface area contributed by atoms with Gasteiger partial charge in [-0.2, -0.15) is 5.10 Å². The molecule has 2 heterocycles. The van der Waals surface area contributed by atoms with Crippen molar-refractivity contribution in [3.63, 3.8) is 0 Å². The first kappa shape index (κ1) is 11.5. The standard InChI is InChI=1S/C12H22N4/c1-9-12(10(2)16(3)15-9)14-8-11-5-4-6-13-7-11/h11,13-14H,4-8H2,1-3H3. The van der Waals surface area contributed by atoms with Gasteiger partial charge < -0.3 is 10.6 Å². The highest BCUT2D eigenvalue weighted by atomic mass is 15.3. The summed E-state index contributed by atoms with van der Waals surface area (Å²) in [5, 5.41) is 11.4. The number of piperidine rings is 1. The molecule has 16 heavy (non-hydrogen) atoms. The first-order chi connectivity index (χ1) is 7.68. The highest BCUT2D eigenvalue weighted by Gasteiger charge is 2.14. The molecule has 4 nitrogen and oxygen atoms in total. The Hall–Kier alpha value is -1.03. The third kappa shape index (κ3) is 2.38. The van der Waals surface area contributed by atoms with Crippen LogP contribution in [0.25, 0.3) is 0 Å². The van der Waals surface area contributed by atoms with E-state index in [4.69, 9.17) is 0 Å². The molecule has 0 saturated carbocycles. The average molecular weight is 222 g/mol. The van der Waals surface area contributed by atoms with Gasteiger partial charge in [-0.05, 0) is 45.7 Å².